The summed E-state index contributed by atoms with van der Waals surface area (Å²) in [6.45, 7) is 0. The van der Waals surface area contributed by atoms with Crippen molar-refractivity contribution in [1.82, 2.24) is 20.5 Å². The van der Waals surface area contributed by atoms with Gasteiger partial charge in [0.1, 0.15) is 0 Å². The van der Waals surface area contributed by atoms with Gasteiger partial charge in [0.05, 0.1) is 22.8 Å². The number of sulfone groups is 1. The average molecular weight is 354 g/mol. The molecule has 2 aromatic rings. The van der Waals surface area contributed by atoms with Gasteiger partial charge in [0, 0.05) is 18.4 Å². The molecule has 1 aliphatic heterocycles. The third-order valence-electron chi connectivity index (χ3n) is 3.24. The highest BCUT2D eigenvalue weighted by molar-refractivity contribution is 7.99. The zero-order valence-corrected chi connectivity index (χ0v) is 13.6. The SMILES string of the molecule is O=C(CSc1nnc(-c2cccnc2)o1)N[C@@H]1CCS(=O)(=O)C1. The predicted octanol–water partition coefficient (Wildman–Crippen LogP) is 0.527. The zero-order valence-electron chi connectivity index (χ0n) is 12.0. The van der Waals surface area contributed by atoms with Crippen LogP contribution in [-0.4, -0.2) is 52.8 Å². The maximum Gasteiger partial charge on any atom is 0.277 e. The number of nitrogens with one attached hydrogen (secondary N) is 1. The fourth-order valence-corrected chi connectivity index (χ4v) is 4.43. The number of nitrogens with zero attached hydrogens (tertiary/aromatic N) is 3. The summed E-state index contributed by atoms with van der Waals surface area (Å²) >= 11 is 1.11. The second kappa shape index (κ2) is 6.67. The Hall–Kier alpha value is -1.94. The van der Waals surface area contributed by atoms with E-state index in [1.807, 2.05) is 0 Å². The van der Waals surface area contributed by atoms with Crippen LogP contribution in [0.25, 0.3) is 11.5 Å². The van der Waals surface area contributed by atoms with Crippen LogP contribution in [0, 0.1) is 0 Å². The van der Waals surface area contributed by atoms with Gasteiger partial charge in [-0.05, 0) is 18.6 Å². The van der Waals surface area contributed by atoms with E-state index in [-0.39, 0.29) is 34.4 Å². The predicted molar refractivity (Wildman–Crippen MR) is 83.5 cm³/mol. The van der Waals surface area contributed by atoms with Crippen LogP contribution in [0.2, 0.25) is 0 Å². The van der Waals surface area contributed by atoms with Crippen molar-refractivity contribution >= 4 is 27.5 Å². The van der Waals surface area contributed by atoms with Crippen LogP contribution in [0.15, 0.2) is 34.2 Å². The van der Waals surface area contributed by atoms with Crippen LogP contribution in [-0.2, 0) is 14.6 Å². The molecule has 23 heavy (non-hydrogen) atoms. The molecule has 0 aliphatic carbocycles. The maximum absolute atomic E-state index is 11.8. The van der Waals surface area contributed by atoms with E-state index in [0.29, 0.717) is 17.9 Å². The second-order valence-electron chi connectivity index (χ2n) is 5.07. The maximum atomic E-state index is 11.8. The van der Waals surface area contributed by atoms with E-state index in [9.17, 15) is 13.2 Å². The quantitative estimate of drug-likeness (QED) is 0.773. The molecule has 2 aromatic heterocycles. The molecule has 1 atom stereocenters. The Morgan fingerprint density at radius 1 is 1.43 bits per heavy atom. The highest BCUT2D eigenvalue weighted by Gasteiger charge is 2.28. The van der Waals surface area contributed by atoms with Crippen molar-refractivity contribution in [2.24, 2.45) is 0 Å². The fourth-order valence-electron chi connectivity index (χ4n) is 2.18. The summed E-state index contributed by atoms with van der Waals surface area (Å²) in [5.41, 5.74) is 0.701. The molecule has 3 rings (SSSR count). The Bertz CT molecular complexity index is 791. The largest absolute Gasteiger partial charge is 0.411 e. The molecule has 1 amide bonds. The zero-order chi connectivity index (χ0) is 16.3. The topological polar surface area (TPSA) is 115 Å². The number of carbonyl (C=O) groups is 1. The first kappa shape index (κ1) is 15.9. The minimum Gasteiger partial charge on any atom is -0.411 e. The standard InChI is InChI=1S/C13H14N4O4S2/c18-11(15-10-3-5-23(19,20)8-10)7-22-13-17-16-12(21-13)9-2-1-4-14-6-9/h1-2,4,6,10H,3,5,7-8H2,(H,15,18)/t10-/m1/s1. The van der Waals surface area contributed by atoms with E-state index >= 15 is 0 Å². The van der Waals surface area contributed by atoms with E-state index in [2.05, 4.69) is 20.5 Å². The summed E-state index contributed by atoms with van der Waals surface area (Å²) in [6.07, 6.45) is 3.71. The van der Waals surface area contributed by atoms with Gasteiger partial charge in [0.25, 0.3) is 5.22 Å². The molecule has 1 fully saturated rings. The van der Waals surface area contributed by atoms with Crippen molar-refractivity contribution in [2.45, 2.75) is 17.7 Å². The van der Waals surface area contributed by atoms with Crippen LogP contribution in [0.3, 0.4) is 0 Å². The Labute approximate surface area is 137 Å². The van der Waals surface area contributed by atoms with Gasteiger partial charge in [-0.2, -0.15) is 0 Å². The molecule has 0 radical (unpaired) electrons. The molecular weight excluding hydrogens is 340 g/mol. The Morgan fingerprint density at radius 2 is 2.30 bits per heavy atom. The van der Waals surface area contributed by atoms with Crippen LogP contribution in [0.1, 0.15) is 6.42 Å². The highest BCUT2D eigenvalue weighted by Crippen LogP contribution is 2.22. The first-order chi connectivity index (χ1) is 11.0. The Morgan fingerprint density at radius 3 is 3.00 bits per heavy atom. The number of pyridine rings is 1. The summed E-state index contributed by atoms with van der Waals surface area (Å²) in [5, 5.41) is 10.7. The lowest BCUT2D eigenvalue weighted by Gasteiger charge is -2.09. The molecule has 1 N–H and O–H groups in total. The van der Waals surface area contributed by atoms with Gasteiger partial charge in [-0.3, -0.25) is 9.78 Å². The van der Waals surface area contributed by atoms with Gasteiger partial charge in [0.2, 0.25) is 11.8 Å². The summed E-state index contributed by atoms with van der Waals surface area (Å²) in [6, 6.07) is 3.25. The molecule has 0 aromatic carbocycles. The lowest BCUT2D eigenvalue weighted by molar-refractivity contribution is -0.119. The molecule has 1 aliphatic rings. The third kappa shape index (κ3) is 4.29. The van der Waals surface area contributed by atoms with E-state index in [1.165, 1.54) is 0 Å². The van der Waals surface area contributed by atoms with Crippen LogP contribution in [0.5, 0.6) is 0 Å². The van der Waals surface area contributed by atoms with Crippen LogP contribution in [0.4, 0.5) is 0 Å². The van der Waals surface area contributed by atoms with E-state index in [0.717, 1.165) is 11.8 Å². The van der Waals surface area contributed by atoms with Crippen molar-refractivity contribution in [2.75, 3.05) is 17.3 Å². The van der Waals surface area contributed by atoms with Crippen molar-refractivity contribution in [3.05, 3.63) is 24.5 Å². The summed E-state index contributed by atoms with van der Waals surface area (Å²) in [5.74, 6) is 0.310. The fraction of sp³-hybridized carbons (Fsp3) is 0.385. The van der Waals surface area contributed by atoms with Crippen LogP contribution < -0.4 is 5.32 Å². The van der Waals surface area contributed by atoms with Gasteiger partial charge in [-0.25, -0.2) is 8.42 Å². The van der Waals surface area contributed by atoms with E-state index < -0.39 is 9.84 Å². The Kier molecular flexibility index (Phi) is 4.62. The van der Waals surface area contributed by atoms with Gasteiger partial charge in [-0.15, -0.1) is 10.2 Å². The number of aromatic nitrogens is 3. The molecule has 10 heteroatoms. The first-order valence-corrected chi connectivity index (χ1v) is 9.69. The molecule has 122 valence electrons. The van der Waals surface area contributed by atoms with Crippen molar-refractivity contribution in [3.8, 4) is 11.5 Å². The summed E-state index contributed by atoms with van der Waals surface area (Å²) in [4.78, 5) is 15.8. The number of hydrogen-bond acceptors (Lipinski definition) is 8. The van der Waals surface area contributed by atoms with Gasteiger partial charge >= 0.3 is 0 Å². The molecule has 1 saturated heterocycles. The molecule has 3 heterocycles. The highest BCUT2D eigenvalue weighted by atomic mass is 32.2. The molecule has 0 unspecified atom stereocenters. The summed E-state index contributed by atoms with van der Waals surface area (Å²) < 4.78 is 28.1. The molecule has 0 saturated carbocycles. The number of carbonyl (C=O) groups excluding carboxylic acids is 1. The van der Waals surface area contributed by atoms with Gasteiger partial charge in [-0.1, -0.05) is 11.8 Å². The van der Waals surface area contributed by atoms with Gasteiger partial charge in [0.15, 0.2) is 9.84 Å². The minimum atomic E-state index is -3.00. The molecular formula is C13H14N4O4S2. The van der Waals surface area contributed by atoms with Crippen LogP contribution >= 0.6 is 11.8 Å². The van der Waals surface area contributed by atoms with E-state index in [1.54, 1.807) is 24.5 Å². The number of thioether (sulfide) groups is 1. The lowest BCUT2D eigenvalue weighted by Crippen LogP contribution is -2.36. The number of hydrogen-bond donors (Lipinski definition) is 1. The van der Waals surface area contributed by atoms with Crippen molar-refractivity contribution in [3.63, 3.8) is 0 Å². The molecule has 0 spiro atoms. The number of rotatable bonds is 5. The molecule has 0 bridgehead atoms. The molecule has 8 nitrogen and oxygen atoms in total. The monoisotopic (exact) mass is 354 g/mol. The average Bonchev–Trinajstić information content (AvgIpc) is 3.13. The van der Waals surface area contributed by atoms with E-state index in [4.69, 9.17) is 4.42 Å². The second-order valence-corrected chi connectivity index (χ2v) is 8.23. The van der Waals surface area contributed by atoms with Crippen molar-refractivity contribution in [1.29, 1.82) is 0 Å². The lowest BCUT2D eigenvalue weighted by atomic mass is 10.3. The number of amides is 1. The first-order valence-electron chi connectivity index (χ1n) is 6.88. The minimum absolute atomic E-state index is 0.00905. The van der Waals surface area contributed by atoms with Crippen molar-refractivity contribution < 1.29 is 17.6 Å². The smallest absolute Gasteiger partial charge is 0.277 e. The van der Waals surface area contributed by atoms with Gasteiger partial charge < -0.3 is 9.73 Å². The third-order valence-corrected chi connectivity index (χ3v) is 5.83. The normalized spacial score (nSPS) is 19.6. The summed E-state index contributed by atoms with van der Waals surface area (Å²) in [7, 11) is -3.00. The Balaban J connectivity index is 1.51.